The molecule has 0 saturated carbocycles. The fraction of sp³-hybridized carbons (Fsp3) is 0.538. The zero-order valence-electron chi connectivity index (χ0n) is 22.0. The highest BCUT2D eigenvalue weighted by atomic mass is 16.5. The number of rotatable bonds is 12. The van der Waals surface area contributed by atoms with Gasteiger partial charge >= 0.3 is 5.97 Å². The number of carbonyl (C=O) groups excluding carboxylic acids is 6. The van der Waals surface area contributed by atoms with Crippen LogP contribution in [0.3, 0.4) is 0 Å². The van der Waals surface area contributed by atoms with Crippen LogP contribution in [0.15, 0.2) is 24.3 Å². The first-order chi connectivity index (χ1) is 17.4. The predicted molar refractivity (Wildman–Crippen MR) is 135 cm³/mol. The molecule has 1 aliphatic heterocycles. The molecule has 1 aliphatic rings. The third-order valence-corrected chi connectivity index (χ3v) is 5.94. The molecule has 202 valence electrons. The molecule has 0 spiro atoms. The summed E-state index contributed by atoms with van der Waals surface area (Å²) in [7, 11) is 0. The monoisotopic (exact) mass is 516 g/mol. The van der Waals surface area contributed by atoms with Gasteiger partial charge < -0.3 is 20.7 Å². The number of esters is 1. The van der Waals surface area contributed by atoms with Gasteiger partial charge in [0.15, 0.2) is 0 Å². The molecular weight excluding hydrogens is 480 g/mol. The van der Waals surface area contributed by atoms with E-state index in [1.54, 1.807) is 45.0 Å². The minimum atomic E-state index is -0.874. The van der Waals surface area contributed by atoms with Crippen LogP contribution in [0.25, 0.3) is 0 Å². The largest absolute Gasteiger partial charge is 0.461 e. The first-order valence-corrected chi connectivity index (χ1v) is 12.4. The number of nitrogens with one attached hydrogen (secondary N) is 3. The number of benzene rings is 1. The number of anilines is 1. The maximum atomic E-state index is 12.8. The van der Waals surface area contributed by atoms with Gasteiger partial charge in [-0.2, -0.15) is 0 Å². The minimum Gasteiger partial charge on any atom is -0.461 e. The highest BCUT2D eigenvalue weighted by molar-refractivity contribution is 6.03. The van der Waals surface area contributed by atoms with Crippen molar-refractivity contribution in [3.63, 3.8) is 0 Å². The van der Waals surface area contributed by atoms with Gasteiger partial charge in [0, 0.05) is 37.9 Å². The zero-order valence-corrected chi connectivity index (χ0v) is 22.0. The fourth-order valence-corrected chi connectivity index (χ4v) is 3.75. The normalized spacial score (nSPS) is 16.8. The minimum absolute atomic E-state index is 0.0471. The first-order valence-electron chi connectivity index (χ1n) is 12.4. The summed E-state index contributed by atoms with van der Waals surface area (Å²) in [6.07, 6.45) is 0.528. The Labute approximate surface area is 216 Å². The standard InChI is InChI=1S/C26H36N4O7/c1-15(2)23(29-21(32)7-6-12-30-22(33)13-16(3)26(30)36)25(35)27-17(4)24(34)28-20-10-8-19(9-11-20)14-37-18(5)31/h8-11,15-17,23H,6-7,12-14H2,1-5H3,(H,27,35)(H,28,34)(H,29,32)/t16?,17-,23-/m0/s1. The van der Waals surface area contributed by atoms with E-state index in [1.807, 2.05) is 0 Å². The third-order valence-electron chi connectivity index (χ3n) is 5.94. The first kappa shape index (κ1) is 29.5. The van der Waals surface area contributed by atoms with Crippen molar-refractivity contribution in [1.82, 2.24) is 15.5 Å². The number of hydrogen-bond acceptors (Lipinski definition) is 7. The molecule has 3 N–H and O–H groups in total. The zero-order chi connectivity index (χ0) is 27.7. The molecule has 1 aromatic carbocycles. The van der Waals surface area contributed by atoms with E-state index in [0.717, 1.165) is 5.56 Å². The van der Waals surface area contributed by atoms with Crippen LogP contribution >= 0.6 is 0 Å². The summed E-state index contributed by atoms with van der Waals surface area (Å²) in [5.41, 5.74) is 1.27. The Hall–Kier alpha value is -3.76. The van der Waals surface area contributed by atoms with Gasteiger partial charge in [-0.3, -0.25) is 33.7 Å². The Morgan fingerprint density at radius 2 is 1.68 bits per heavy atom. The van der Waals surface area contributed by atoms with Crippen molar-refractivity contribution in [2.45, 2.75) is 72.6 Å². The third kappa shape index (κ3) is 9.00. The van der Waals surface area contributed by atoms with E-state index < -0.39 is 23.9 Å². The van der Waals surface area contributed by atoms with Crippen molar-refractivity contribution in [2.24, 2.45) is 11.8 Å². The van der Waals surface area contributed by atoms with Gasteiger partial charge in [-0.25, -0.2) is 0 Å². The van der Waals surface area contributed by atoms with E-state index in [0.29, 0.717) is 12.1 Å². The summed E-state index contributed by atoms with van der Waals surface area (Å²) in [5.74, 6) is -2.74. The quantitative estimate of drug-likeness (QED) is 0.281. The lowest BCUT2D eigenvalue weighted by Gasteiger charge is -2.24. The van der Waals surface area contributed by atoms with E-state index in [9.17, 15) is 28.8 Å². The Kier molecular flexibility index (Phi) is 10.8. The van der Waals surface area contributed by atoms with Gasteiger partial charge in [-0.05, 0) is 37.0 Å². The second-order valence-electron chi connectivity index (χ2n) is 9.58. The average Bonchev–Trinajstić information content (AvgIpc) is 3.07. The molecule has 1 fully saturated rings. The van der Waals surface area contributed by atoms with Crippen molar-refractivity contribution in [2.75, 3.05) is 11.9 Å². The molecule has 1 saturated heterocycles. The Balaban J connectivity index is 1.83. The molecule has 2 rings (SSSR count). The highest BCUT2D eigenvalue weighted by Crippen LogP contribution is 2.19. The number of ether oxygens (including phenoxy) is 1. The Morgan fingerprint density at radius 1 is 1.03 bits per heavy atom. The SMILES string of the molecule is CC(=O)OCc1ccc(NC(=O)[C@H](C)NC(=O)[C@@H](NC(=O)CCCN2C(=O)CC(C)C2=O)C(C)C)cc1. The Morgan fingerprint density at radius 3 is 2.22 bits per heavy atom. The lowest BCUT2D eigenvalue weighted by Crippen LogP contribution is -2.53. The summed E-state index contributed by atoms with van der Waals surface area (Å²) in [6, 6.07) is 5.00. The number of nitrogens with zero attached hydrogens (tertiary/aromatic N) is 1. The predicted octanol–water partition coefficient (Wildman–Crippen LogP) is 1.51. The topological polar surface area (TPSA) is 151 Å². The molecule has 11 heteroatoms. The van der Waals surface area contributed by atoms with E-state index in [2.05, 4.69) is 16.0 Å². The van der Waals surface area contributed by atoms with Crippen LogP contribution in [-0.4, -0.2) is 59.0 Å². The van der Waals surface area contributed by atoms with Gasteiger partial charge in [0.1, 0.15) is 18.7 Å². The highest BCUT2D eigenvalue weighted by Gasteiger charge is 2.35. The summed E-state index contributed by atoms with van der Waals surface area (Å²) in [4.78, 5) is 73.8. The smallest absolute Gasteiger partial charge is 0.302 e. The number of likely N-dealkylation sites (tertiary alicyclic amines) is 1. The van der Waals surface area contributed by atoms with Gasteiger partial charge in [0.25, 0.3) is 0 Å². The Bertz CT molecular complexity index is 1020. The van der Waals surface area contributed by atoms with Crippen LogP contribution in [-0.2, 0) is 40.1 Å². The van der Waals surface area contributed by atoms with Crippen LogP contribution in [0.4, 0.5) is 5.69 Å². The molecule has 1 aromatic rings. The van der Waals surface area contributed by atoms with Crippen LogP contribution in [0, 0.1) is 11.8 Å². The molecular formula is C26H36N4O7. The van der Waals surface area contributed by atoms with Crippen molar-refractivity contribution in [3.8, 4) is 0 Å². The number of imide groups is 1. The number of carbonyl (C=O) groups is 6. The van der Waals surface area contributed by atoms with Crippen LogP contribution in [0.2, 0.25) is 0 Å². The maximum absolute atomic E-state index is 12.8. The van der Waals surface area contributed by atoms with E-state index >= 15 is 0 Å². The van der Waals surface area contributed by atoms with Gasteiger partial charge in [-0.15, -0.1) is 0 Å². The van der Waals surface area contributed by atoms with E-state index in [4.69, 9.17) is 4.74 Å². The van der Waals surface area contributed by atoms with Crippen molar-refractivity contribution >= 4 is 41.2 Å². The summed E-state index contributed by atoms with van der Waals surface area (Å²) in [6.45, 7) is 8.39. The van der Waals surface area contributed by atoms with Crippen molar-refractivity contribution < 1.29 is 33.5 Å². The lowest BCUT2D eigenvalue weighted by atomic mass is 10.0. The lowest BCUT2D eigenvalue weighted by molar-refractivity contribution is -0.142. The molecule has 0 radical (unpaired) electrons. The summed E-state index contributed by atoms with van der Waals surface area (Å²) < 4.78 is 4.92. The molecule has 37 heavy (non-hydrogen) atoms. The van der Waals surface area contributed by atoms with Gasteiger partial charge in [0.05, 0.1) is 0 Å². The average molecular weight is 517 g/mol. The van der Waals surface area contributed by atoms with Gasteiger partial charge in [0.2, 0.25) is 29.5 Å². The fourth-order valence-electron chi connectivity index (χ4n) is 3.75. The van der Waals surface area contributed by atoms with Crippen molar-refractivity contribution in [3.05, 3.63) is 29.8 Å². The second kappa shape index (κ2) is 13.5. The van der Waals surface area contributed by atoms with E-state index in [1.165, 1.54) is 18.7 Å². The second-order valence-corrected chi connectivity index (χ2v) is 9.58. The van der Waals surface area contributed by atoms with Gasteiger partial charge in [-0.1, -0.05) is 32.9 Å². The molecule has 1 heterocycles. The molecule has 1 unspecified atom stereocenters. The van der Waals surface area contributed by atoms with Crippen LogP contribution in [0.1, 0.15) is 59.4 Å². The molecule has 0 aromatic heterocycles. The maximum Gasteiger partial charge on any atom is 0.302 e. The summed E-state index contributed by atoms with van der Waals surface area (Å²) in [5, 5.41) is 8.02. The molecule has 0 aliphatic carbocycles. The summed E-state index contributed by atoms with van der Waals surface area (Å²) >= 11 is 0. The molecule has 5 amide bonds. The van der Waals surface area contributed by atoms with Crippen molar-refractivity contribution in [1.29, 1.82) is 0 Å². The van der Waals surface area contributed by atoms with Crippen LogP contribution < -0.4 is 16.0 Å². The van der Waals surface area contributed by atoms with E-state index in [-0.39, 0.29) is 61.5 Å². The number of hydrogen-bond donors (Lipinski definition) is 3. The number of amides is 5. The molecule has 3 atom stereocenters. The van der Waals surface area contributed by atoms with Crippen LogP contribution in [0.5, 0.6) is 0 Å². The molecule has 11 nitrogen and oxygen atoms in total. The molecule has 0 bridgehead atoms.